The fourth-order valence-corrected chi connectivity index (χ4v) is 1.86. The minimum absolute atomic E-state index is 0.190. The summed E-state index contributed by atoms with van der Waals surface area (Å²) in [7, 11) is 0. The molecule has 1 aliphatic heterocycles. The number of ether oxygens (including phenoxy) is 1. The van der Waals surface area contributed by atoms with Gasteiger partial charge in [-0.2, -0.15) is 0 Å². The van der Waals surface area contributed by atoms with Gasteiger partial charge in [-0.1, -0.05) is 26.0 Å². The molecule has 0 unspecified atom stereocenters. The topological polar surface area (TPSA) is 21.3 Å². The minimum atomic E-state index is -0.190. The van der Waals surface area contributed by atoms with E-state index in [4.69, 9.17) is 4.74 Å². The van der Waals surface area contributed by atoms with Crippen molar-refractivity contribution >= 4 is 6.08 Å². The van der Waals surface area contributed by atoms with Crippen molar-refractivity contribution in [3.8, 4) is 5.75 Å². The molecular formula is C15H21NO. The number of rotatable bonds is 3. The van der Waals surface area contributed by atoms with Gasteiger partial charge in [0.25, 0.3) is 0 Å². The van der Waals surface area contributed by atoms with Crippen molar-refractivity contribution in [3.63, 3.8) is 0 Å². The van der Waals surface area contributed by atoms with Gasteiger partial charge in [0.05, 0.1) is 0 Å². The predicted octanol–water partition coefficient (Wildman–Crippen LogP) is 3.37. The van der Waals surface area contributed by atoms with Crippen LogP contribution in [0.3, 0.4) is 0 Å². The maximum absolute atomic E-state index is 5.89. The van der Waals surface area contributed by atoms with Crippen LogP contribution in [0.25, 0.3) is 6.08 Å². The first-order chi connectivity index (χ1) is 7.96. The van der Waals surface area contributed by atoms with Gasteiger partial charge in [0.1, 0.15) is 11.4 Å². The van der Waals surface area contributed by atoms with Crippen molar-refractivity contribution in [1.29, 1.82) is 0 Å². The van der Waals surface area contributed by atoms with Crippen LogP contribution in [0.15, 0.2) is 24.3 Å². The fraction of sp³-hybridized carbons (Fsp3) is 0.467. The van der Waals surface area contributed by atoms with E-state index >= 15 is 0 Å². The van der Waals surface area contributed by atoms with Crippen LogP contribution in [0.4, 0.5) is 0 Å². The van der Waals surface area contributed by atoms with E-state index in [1.807, 2.05) is 0 Å². The summed E-state index contributed by atoms with van der Waals surface area (Å²) < 4.78 is 5.89. The van der Waals surface area contributed by atoms with Gasteiger partial charge in [0, 0.05) is 18.2 Å². The molecule has 1 N–H and O–H groups in total. The van der Waals surface area contributed by atoms with Crippen molar-refractivity contribution in [3.05, 3.63) is 35.4 Å². The Hall–Kier alpha value is -1.28. The van der Waals surface area contributed by atoms with Gasteiger partial charge in [-0.25, -0.2) is 0 Å². The quantitative estimate of drug-likeness (QED) is 0.861. The molecule has 0 spiro atoms. The molecule has 1 aromatic carbocycles. The largest absolute Gasteiger partial charge is 0.483 e. The first-order valence-electron chi connectivity index (χ1n) is 6.21. The smallest absolute Gasteiger partial charge is 0.127 e. The lowest BCUT2D eigenvalue weighted by atomic mass is 10.0. The van der Waals surface area contributed by atoms with Gasteiger partial charge in [-0.15, -0.1) is 0 Å². The van der Waals surface area contributed by atoms with Crippen LogP contribution in [0, 0.1) is 0 Å². The Labute approximate surface area is 104 Å². The number of hydrogen-bond donors (Lipinski definition) is 1. The summed E-state index contributed by atoms with van der Waals surface area (Å²) in [5, 5.41) is 3.42. The Morgan fingerprint density at radius 2 is 2.06 bits per heavy atom. The number of nitrogens with one attached hydrogen (secondary N) is 1. The monoisotopic (exact) mass is 231 g/mol. The zero-order valence-electron chi connectivity index (χ0n) is 11.1. The lowest BCUT2D eigenvalue weighted by Gasteiger charge is -2.28. The summed E-state index contributed by atoms with van der Waals surface area (Å²) in [5.74, 6) is 0.978. The second-order valence-electron chi connectivity index (χ2n) is 5.45. The minimum Gasteiger partial charge on any atom is -0.483 e. The maximum Gasteiger partial charge on any atom is 0.127 e. The standard InChI is InChI=1S/C15H21NO/c1-11(2)16-10-12-5-6-14-13(9-12)7-8-15(3,4)17-14/h5-9,11,16H,10H2,1-4H3. The van der Waals surface area contributed by atoms with E-state index in [9.17, 15) is 0 Å². The van der Waals surface area contributed by atoms with Crippen molar-refractivity contribution < 1.29 is 4.74 Å². The molecule has 0 amide bonds. The SMILES string of the molecule is CC(C)NCc1ccc2c(c1)C=CC(C)(C)O2. The van der Waals surface area contributed by atoms with Gasteiger partial charge < -0.3 is 10.1 Å². The van der Waals surface area contributed by atoms with Crippen LogP contribution in [-0.4, -0.2) is 11.6 Å². The molecule has 2 nitrogen and oxygen atoms in total. The average Bonchev–Trinajstić information content (AvgIpc) is 2.25. The highest BCUT2D eigenvalue weighted by Gasteiger charge is 2.21. The summed E-state index contributed by atoms with van der Waals surface area (Å²) in [6.45, 7) is 9.36. The zero-order valence-corrected chi connectivity index (χ0v) is 11.1. The van der Waals surface area contributed by atoms with E-state index in [1.165, 1.54) is 11.1 Å². The summed E-state index contributed by atoms with van der Waals surface area (Å²) in [6.07, 6.45) is 4.26. The van der Waals surface area contributed by atoms with Crippen LogP contribution >= 0.6 is 0 Å². The second-order valence-corrected chi connectivity index (χ2v) is 5.45. The van der Waals surface area contributed by atoms with Gasteiger partial charge in [-0.05, 0) is 37.6 Å². The molecule has 1 aromatic rings. The number of fused-ring (bicyclic) bond motifs is 1. The molecule has 0 atom stereocenters. The molecule has 1 heterocycles. The van der Waals surface area contributed by atoms with Crippen molar-refractivity contribution in [1.82, 2.24) is 5.32 Å². The molecule has 92 valence electrons. The highest BCUT2D eigenvalue weighted by atomic mass is 16.5. The van der Waals surface area contributed by atoms with E-state index in [2.05, 4.69) is 63.4 Å². The highest BCUT2D eigenvalue weighted by Crippen LogP contribution is 2.31. The van der Waals surface area contributed by atoms with Crippen LogP contribution in [-0.2, 0) is 6.54 Å². The molecule has 0 saturated heterocycles. The lowest BCUT2D eigenvalue weighted by Crippen LogP contribution is -2.27. The lowest BCUT2D eigenvalue weighted by molar-refractivity contribution is 0.159. The Balaban J connectivity index is 2.16. The number of benzene rings is 1. The third-order valence-electron chi connectivity index (χ3n) is 2.83. The molecule has 2 heteroatoms. The van der Waals surface area contributed by atoms with Crippen molar-refractivity contribution in [2.24, 2.45) is 0 Å². The molecule has 0 aromatic heterocycles. The second kappa shape index (κ2) is 4.53. The third kappa shape index (κ3) is 3.10. The Morgan fingerprint density at radius 3 is 2.76 bits per heavy atom. The zero-order chi connectivity index (χ0) is 12.5. The molecule has 2 rings (SSSR count). The molecule has 0 bridgehead atoms. The van der Waals surface area contributed by atoms with Crippen molar-refractivity contribution in [2.45, 2.75) is 45.9 Å². The van der Waals surface area contributed by atoms with Crippen LogP contribution in [0.2, 0.25) is 0 Å². The average molecular weight is 231 g/mol. The molecule has 0 saturated carbocycles. The molecule has 0 fully saturated rings. The van der Waals surface area contributed by atoms with Gasteiger partial charge in [0.15, 0.2) is 0 Å². The van der Waals surface area contributed by atoms with Gasteiger partial charge in [0.2, 0.25) is 0 Å². The van der Waals surface area contributed by atoms with Crippen LogP contribution < -0.4 is 10.1 Å². The molecule has 17 heavy (non-hydrogen) atoms. The van der Waals surface area contributed by atoms with E-state index in [0.717, 1.165) is 12.3 Å². The van der Waals surface area contributed by atoms with E-state index in [-0.39, 0.29) is 5.60 Å². The van der Waals surface area contributed by atoms with E-state index < -0.39 is 0 Å². The Morgan fingerprint density at radius 1 is 1.29 bits per heavy atom. The Kier molecular flexibility index (Phi) is 3.25. The van der Waals surface area contributed by atoms with Crippen LogP contribution in [0.5, 0.6) is 5.75 Å². The summed E-state index contributed by atoms with van der Waals surface area (Å²) in [5.41, 5.74) is 2.28. The molecular weight excluding hydrogens is 210 g/mol. The molecule has 0 radical (unpaired) electrons. The van der Waals surface area contributed by atoms with E-state index in [0.29, 0.717) is 6.04 Å². The van der Waals surface area contributed by atoms with Crippen molar-refractivity contribution in [2.75, 3.05) is 0 Å². The number of hydrogen-bond acceptors (Lipinski definition) is 2. The summed E-state index contributed by atoms with van der Waals surface area (Å²) >= 11 is 0. The predicted molar refractivity (Wildman–Crippen MR) is 72.2 cm³/mol. The first-order valence-corrected chi connectivity index (χ1v) is 6.21. The van der Waals surface area contributed by atoms with Gasteiger partial charge in [-0.3, -0.25) is 0 Å². The molecule has 1 aliphatic rings. The maximum atomic E-state index is 5.89. The highest BCUT2D eigenvalue weighted by molar-refractivity contribution is 5.61. The first kappa shape index (κ1) is 12.2. The van der Waals surface area contributed by atoms with Crippen LogP contribution in [0.1, 0.15) is 38.8 Å². The Bertz CT molecular complexity index is 433. The van der Waals surface area contributed by atoms with E-state index in [1.54, 1.807) is 0 Å². The third-order valence-corrected chi connectivity index (χ3v) is 2.83. The fourth-order valence-electron chi connectivity index (χ4n) is 1.86. The summed E-state index contributed by atoms with van der Waals surface area (Å²) in [6, 6.07) is 6.90. The summed E-state index contributed by atoms with van der Waals surface area (Å²) in [4.78, 5) is 0. The molecule has 0 aliphatic carbocycles. The normalized spacial score (nSPS) is 16.8. The van der Waals surface area contributed by atoms with Gasteiger partial charge >= 0.3 is 0 Å².